The van der Waals surface area contributed by atoms with E-state index in [9.17, 15) is 0 Å². The molecule has 0 aliphatic carbocycles. The monoisotopic (exact) mass is 195 g/mol. The molecule has 0 saturated heterocycles. The normalized spacial score (nSPS) is 12.5. The zero-order chi connectivity index (χ0) is 11.0. The number of nitrogens with one attached hydrogen (secondary N) is 1. The Balaban J connectivity index is 3.72. The fourth-order valence-electron chi connectivity index (χ4n) is 1.24. The Bertz CT molecular complexity index is 201. The molecule has 0 aromatic rings. The lowest BCUT2D eigenvalue weighted by atomic mass is 10.2. The summed E-state index contributed by atoms with van der Waals surface area (Å²) in [5, 5.41) is 12.0. The summed E-state index contributed by atoms with van der Waals surface area (Å²) in [6.07, 6.45) is 0. The Morgan fingerprint density at radius 3 is 2.43 bits per heavy atom. The second kappa shape index (κ2) is 7.54. The summed E-state index contributed by atoms with van der Waals surface area (Å²) >= 11 is 0. The number of hydrogen-bond donors (Lipinski definition) is 1. The zero-order valence-electron chi connectivity index (χ0n) is 9.51. The molecule has 1 N–H and O–H groups in total. The van der Waals surface area contributed by atoms with Gasteiger partial charge in [0, 0.05) is 13.1 Å². The van der Waals surface area contributed by atoms with Gasteiger partial charge in [-0.15, -0.1) is 0 Å². The molecule has 0 heterocycles. The summed E-state index contributed by atoms with van der Waals surface area (Å²) in [7, 11) is 0. The van der Waals surface area contributed by atoms with Gasteiger partial charge in [-0.3, -0.25) is 5.32 Å². The van der Waals surface area contributed by atoms with Crippen LogP contribution in [0, 0.1) is 11.3 Å². The number of likely N-dealkylation sites (N-methyl/N-ethyl adjacent to an activating group) is 1. The van der Waals surface area contributed by atoms with Crippen molar-refractivity contribution in [2.75, 3.05) is 26.2 Å². The Labute approximate surface area is 87.4 Å². The van der Waals surface area contributed by atoms with E-state index in [1.165, 1.54) is 0 Å². The summed E-state index contributed by atoms with van der Waals surface area (Å²) in [6.45, 7) is 13.9. The zero-order valence-corrected chi connectivity index (χ0v) is 9.51. The third-order valence-corrected chi connectivity index (χ3v) is 2.29. The lowest BCUT2D eigenvalue weighted by Crippen LogP contribution is -2.36. The lowest BCUT2D eigenvalue weighted by Gasteiger charge is -2.19. The van der Waals surface area contributed by atoms with Gasteiger partial charge in [0.1, 0.15) is 6.04 Å². The molecule has 0 amide bonds. The summed E-state index contributed by atoms with van der Waals surface area (Å²) in [4.78, 5) is 2.32. The van der Waals surface area contributed by atoms with Crippen molar-refractivity contribution >= 4 is 0 Å². The molecule has 3 heteroatoms. The average Bonchev–Trinajstić information content (AvgIpc) is 2.18. The Morgan fingerprint density at radius 1 is 1.50 bits per heavy atom. The first-order chi connectivity index (χ1) is 6.65. The minimum Gasteiger partial charge on any atom is -0.303 e. The van der Waals surface area contributed by atoms with Gasteiger partial charge < -0.3 is 4.90 Å². The first kappa shape index (κ1) is 13.2. The second-order valence-electron chi connectivity index (χ2n) is 3.39. The van der Waals surface area contributed by atoms with Crippen molar-refractivity contribution in [3.63, 3.8) is 0 Å². The van der Waals surface area contributed by atoms with E-state index < -0.39 is 0 Å². The van der Waals surface area contributed by atoms with Crippen LogP contribution < -0.4 is 5.32 Å². The topological polar surface area (TPSA) is 39.1 Å². The van der Waals surface area contributed by atoms with Crippen LogP contribution in [0.25, 0.3) is 0 Å². The first-order valence-corrected chi connectivity index (χ1v) is 5.16. The van der Waals surface area contributed by atoms with E-state index in [4.69, 9.17) is 5.26 Å². The van der Waals surface area contributed by atoms with Crippen LogP contribution in [-0.4, -0.2) is 37.1 Å². The quantitative estimate of drug-likeness (QED) is 0.624. The third-order valence-electron chi connectivity index (χ3n) is 2.29. The maximum atomic E-state index is 8.79. The van der Waals surface area contributed by atoms with Crippen LogP contribution in [0.1, 0.15) is 20.8 Å². The van der Waals surface area contributed by atoms with Gasteiger partial charge in [-0.1, -0.05) is 20.4 Å². The summed E-state index contributed by atoms with van der Waals surface area (Å²) in [5.41, 5.74) is 0.882. The second-order valence-corrected chi connectivity index (χ2v) is 3.39. The van der Waals surface area contributed by atoms with Crippen LogP contribution in [0.5, 0.6) is 0 Å². The van der Waals surface area contributed by atoms with Gasteiger partial charge in [0.25, 0.3) is 0 Å². The Hall–Kier alpha value is -0.850. The standard InChI is InChI=1S/C11H21N3/c1-5-14(6-2)8-7-13-11(9-12)10(3)4/h11,13H,3,5-8H2,1-2,4H3. The van der Waals surface area contributed by atoms with Crippen LogP contribution in [-0.2, 0) is 0 Å². The Kier molecular flexibility index (Phi) is 7.09. The lowest BCUT2D eigenvalue weighted by molar-refractivity contribution is 0.301. The highest BCUT2D eigenvalue weighted by atomic mass is 15.1. The minimum absolute atomic E-state index is 0.203. The molecule has 0 bridgehead atoms. The predicted octanol–water partition coefficient (Wildman–Crippen LogP) is 1.39. The van der Waals surface area contributed by atoms with Crippen LogP contribution in [0.4, 0.5) is 0 Å². The maximum Gasteiger partial charge on any atom is 0.116 e. The van der Waals surface area contributed by atoms with E-state index in [2.05, 4.69) is 36.7 Å². The van der Waals surface area contributed by atoms with Crippen molar-refractivity contribution in [3.8, 4) is 6.07 Å². The van der Waals surface area contributed by atoms with Crippen LogP contribution in [0.15, 0.2) is 12.2 Å². The van der Waals surface area contributed by atoms with Crippen molar-refractivity contribution < 1.29 is 0 Å². The van der Waals surface area contributed by atoms with Gasteiger partial charge in [0.15, 0.2) is 0 Å². The molecule has 0 aliphatic rings. The van der Waals surface area contributed by atoms with Crippen molar-refractivity contribution in [1.29, 1.82) is 5.26 Å². The number of hydrogen-bond acceptors (Lipinski definition) is 3. The highest BCUT2D eigenvalue weighted by Crippen LogP contribution is 1.95. The van der Waals surface area contributed by atoms with Gasteiger partial charge in [0.2, 0.25) is 0 Å². The van der Waals surface area contributed by atoms with Crippen molar-refractivity contribution in [2.45, 2.75) is 26.8 Å². The molecule has 0 spiro atoms. The van der Waals surface area contributed by atoms with E-state index >= 15 is 0 Å². The SMILES string of the molecule is C=C(C)C(C#N)NCCN(CC)CC. The van der Waals surface area contributed by atoms with Crippen molar-refractivity contribution in [2.24, 2.45) is 0 Å². The number of nitrogens with zero attached hydrogens (tertiary/aromatic N) is 2. The van der Waals surface area contributed by atoms with E-state index in [1.54, 1.807) is 0 Å². The van der Waals surface area contributed by atoms with E-state index in [0.717, 1.165) is 31.8 Å². The van der Waals surface area contributed by atoms with Crippen LogP contribution >= 0.6 is 0 Å². The molecule has 0 saturated carbocycles. The Morgan fingerprint density at radius 2 is 2.07 bits per heavy atom. The van der Waals surface area contributed by atoms with Gasteiger partial charge >= 0.3 is 0 Å². The summed E-state index contributed by atoms with van der Waals surface area (Å²) < 4.78 is 0. The van der Waals surface area contributed by atoms with Gasteiger partial charge in [0.05, 0.1) is 6.07 Å². The molecule has 0 rings (SSSR count). The van der Waals surface area contributed by atoms with Gasteiger partial charge in [-0.25, -0.2) is 0 Å². The first-order valence-electron chi connectivity index (χ1n) is 5.16. The number of nitriles is 1. The predicted molar refractivity (Wildman–Crippen MR) is 60.0 cm³/mol. The van der Waals surface area contributed by atoms with Crippen LogP contribution in [0.3, 0.4) is 0 Å². The summed E-state index contributed by atoms with van der Waals surface area (Å²) in [5.74, 6) is 0. The molecule has 0 aliphatic heterocycles. The van der Waals surface area contributed by atoms with E-state index in [1.807, 2.05) is 6.92 Å². The minimum atomic E-state index is -0.203. The van der Waals surface area contributed by atoms with Crippen molar-refractivity contribution in [1.82, 2.24) is 10.2 Å². The molecular weight excluding hydrogens is 174 g/mol. The van der Waals surface area contributed by atoms with Gasteiger partial charge in [-0.2, -0.15) is 5.26 Å². The molecule has 0 aromatic heterocycles. The molecule has 1 unspecified atom stereocenters. The third kappa shape index (κ3) is 5.00. The smallest absolute Gasteiger partial charge is 0.116 e. The molecule has 0 fully saturated rings. The molecule has 80 valence electrons. The fraction of sp³-hybridized carbons (Fsp3) is 0.727. The summed E-state index contributed by atoms with van der Waals surface area (Å²) in [6, 6.07) is 1.98. The fourth-order valence-corrected chi connectivity index (χ4v) is 1.24. The van der Waals surface area contributed by atoms with E-state index in [-0.39, 0.29) is 6.04 Å². The molecule has 3 nitrogen and oxygen atoms in total. The van der Waals surface area contributed by atoms with E-state index in [0.29, 0.717) is 0 Å². The molecule has 14 heavy (non-hydrogen) atoms. The number of rotatable bonds is 7. The molecule has 0 aromatic carbocycles. The maximum absolute atomic E-state index is 8.79. The largest absolute Gasteiger partial charge is 0.303 e. The molecule has 1 atom stereocenters. The average molecular weight is 195 g/mol. The van der Waals surface area contributed by atoms with Gasteiger partial charge in [-0.05, 0) is 25.6 Å². The highest BCUT2D eigenvalue weighted by Gasteiger charge is 2.06. The molecule has 0 radical (unpaired) electrons. The van der Waals surface area contributed by atoms with Crippen molar-refractivity contribution in [3.05, 3.63) is 12.2 Å². The molecular formula is C11H21N3. The highest BCUT2D eigenvalue weighted by molar-refractivity contribution is 5.12. The van der Waals surface area contributed by atoms with Crippen LogP contribution in [0.2, 0.25) is 0 Å².